The summed E-state index contributed by atoms with van der Waals surface area (Å²) in [5.74, 6) is 0. The summed E-state index contributed by atoms with van der Waals surface area (Å²) >= 11 is 1.50. The molecule has 2 aromatic rings. The van der Waals surface area contributed by atoms with Crippen LogP contribution in [0.4, 0.5) is 0 Å². The van der Waals surface area contributed by atoms with E-state index in [0.717, 1.165) is 54.7 Å². The van der Waals surface area contributed by atoms with Gasteiger partial charge in [-0.15, -0.1) is 11.3 Å². The SMILES string of the molecule is CCCNCCCCn1cnc2c(C)csc2c1=O. The maximum absolute atomic E-state index is 12.2. The molecule has 0 aliphatic heterocycles. The van der Waals surface area contributed by atoms with Crippen molar-refractivity contribution in [2.75, 3.05) is 13.1 Å². The van der Waals surface area contributed by atoms with Crippen molar-refractivity contribution in [2.24, 2.45) is 0 Å². The molecule has 0 amide bonds. The van der Waals surface area contributed by atoms with Crippen LogP contribution in [0.25, 0.3) is 10.2 Å². The number of rotatable bonds is 7. The monoisotopic (exact) mass is 279 g/mol. The molecule has 2 rings (SSSR count). The number of fused-ring (bicyclic) bond motifs is 1. The van der Waals surface area contributed by atoms with E-state index in [9.17, 15) is 4.79 Å². The first kappa shape index (κ1) is 14.2. The predicted molar refractivity (Wildman–Crippen MR) is 81.0 cm³/mol. The van der Waals surface area contributed by atoms with Gasteiger partial charge in [0.2, 0.25) is 0 Å². The van der Waals surface area contributed by atoms with Gasteiger partial charge < -0.3 is 5.32 Å². The Morgan fingerprint density at radius 1 is 1.37 bits per heavy atom. The molecule has 2 heterocycles. The number of nitrogens with zero attached hydrogens (tertiary/aromatic N) is 2. The summed E-state index contributed by atoms with van der Waals surface area (Å²) in [5, 5.41) is 5.37. The number of hydrogen-bond donors (Lipinski definition) is 1. The topological polar surface area (TPSA) is 46.9 Å². The molecule has 0 atom stereocenters. The van der Waals surface area contributed by atoms with Gasteiger partial charge in [-0.2, -0.15) is 0 Å². The fraction of sp³-hybridized carbons (Fsp3) is 0.571. The van der Waals surface area contributed by atoms with Crippen LogP contribution in [0.5, 0.6) is 0 Å². The van der Waals surface area contributed by atoms with Crippen molar-refractivity contribution in [3.8, 4) is 0 Å². The van der Waals surface area contributed by atoms with Crippen LogP contribution in [0.3, 0.4) is 0 Å². The highest BCUT2D eigenvalue weighted by Crippen LogP contribution is 2.19. The smallest absolute Gasteiger partial charge is 0.271 e. The molecule has 0 aromatic carbocycles. The van der Waals surface area contributed by atoms with Gasteiger partial charge >= 0.3 is 0 Å². The van der Waals surface area contributed by atoms with Crippen molar-refractivity contribution in [1.29, 1.82) is 0 Å². The molecule has 0 aliphatic rings. The lowest BCUT2D eigenvalue weighted by Gasteiger charge is -2.06. The van der Waals surface area contributed by atoms with E-state index in [-0.39, 0.29) is 5.56 Å². The highest BCUT2D eigenvalue weighted by molar-refractivity contribution is 7.17. The molecule has 2 aromatic heterocycles. The molecule has 0 fully saturated rings. The second kappa shape index (κ2) is 6.82. The van der Waals surface area contributed by atoms with Gasteiger partial charge in [-0.25, -0.2) is 4.98 Å². The standard InChI is InChI=1S/C14H21N3OS/c1-3-6-15-7-4-5-8-17-10-16-12-11(2)9-19-13(12)14(17)18/h9-10,15H,3-8H2,1-2H3. The molecule has 104 valence electrons. The van der Waals surface area contributed by atoms with Gasteiger partial charge in [-0.1, -0.05) is 6.92 Å². The molecule has 0 saturated heterocycles. The highest BCUT2D eigenvalue weighted by Gasteiger charge is 2.07. The molecule has 0 bridgehead atoms. The number of unbranched alkanes of at least 4 members (excludes halogenated alkanes) is 1. The van der Waals surface area contributed by atoms with E-state index in [1.165, 1.54) is 11.3 Å². The van der Waals surface area contributed by atoms with Gasteiger partial charge in [0, 0.05) is 6.54 Å². The summed E-state index contributed by atoms with van der Waals surface area (Å²) in [4.78, 5) is 16.6. The third-order valence-corrected chi connectivity index (χ3v) is 4.23. The first-order valence-electron chi connectivity index (χ1n) is 6.88. The number of aromatic nitrogens is 2. The number of aryl methyl sites for hydroxylation is 2. The Morgan fingerprint density at radius 3 is 3.00 bits per heavy atom. The predicted octanol–water partition coefficient (Wildman–Crippen LogP) is 2.55. The zero-order valence-corrected chi connectivity index (χ0v) is 12.4. The largest absolute Gasteiger partial charge is 0.317 e. The highest BCUT2D eigenvalue weighted by atomic mass is 32.1. The number of nitrogens with one attached hydrogen (secondary N) is 1. The van der Waals surface area contributed by atoms with E-state index in [4.69, 9.17) is 0 Å². The van der Waals surface area contributed by atoms with Gasteiger partial charge in [0.25, 0.3) is 5.56 Å². The van der Waals surface area contributed by atoms with E-state index >= 15 is 0 Å². The second-order valence-corrected chi connectivity index (χ2v) is 5.68. The third-order valence-electron chi connectivity index (χ3n) is 3.15. The molecule has 4 nitrogen and oxygen atoms in total. The first-order chi connectivity index (χ1) is 9.24. The van der Waals surface area contributed by atoms with Gasteiger partial charge in [0.15, 0.2) is 0 Å². The maximum Gasteiger partial charge on any atom is 0.271 e. The van der Waals surface area contributed by atoms with Crippen molar-refractivity contribution < 1.29 is 0 Å². The molecular weight excluding hydrogens is 258 g/mol. The van der Waals surface area contributed by atoms with Crippen LogP contribution in [0, 0.1) is 6.92 Å². The van der Waals surface area contributed by atoms with Crippen molar-refractivity contribution >= 4 is 21.6 Å². The van der Waals surface area contributed by atoms with E-state index < -0.39 is 0 Å². The molecular formula is C14H21N3OS. The zero-order chi connectivity index (χ0) is 13.7. The van der Waals surface area contributed by atoms with E-state index in [1.807, 2.05) is 12.3 Å². The Labute approximate surface area is 117 Å². The Bertz CT molecular complexity index is 588. The lowest BCUT2D eigenvalue weighted by atomic mass is 10.3. The van der Waals surface area contributed by atoms with Crippen molar-refractivity contribution in [3.05, 3.63) is 27.6 Å². The minimum Gasteiger partial charge on any atom is -0.317 e. The molecule has 1 N–H and O–H groups in total. The van der Waals surface area contributed by atoms with Gasteiger partial charge in [0.1, 0.15) is 4.70 Å². The number of hydrogen-bond acceptors (Lipinski definition) is 4. The summed E-state index contributed by atoms with van der Waals surface area (Å²) in [6.07, 6.45) is 4.95. The quantitative estimate of drug-likeness (QED) is 0.792. The summed E-state index contributed by atoms with van der Waals surface area (Å²) in [7, 11) is 0. The summed E-state index contributed by atoms with van der Waals surface area (Å²) in [6, 6.07) is 0. The van der Waals surface area contributed by atoms with Crippen LogP contribution in [-0.2, 0) is 6.54 Å². The fourth-order valence-electron chi connectivity index (χ4n) is 2.05. The van der Waals surface area contributed by atoms with E-state index in [2.05, 4.69) is 17.2 Å². The van der Waals surface area contributed by atoms with Crippen LogP contribution in [0.15, 0.2) is 16.5 Å². The normalized spacial score (nSPS) is 11.3. The molecule has 19 heavy (non-hydrogen) atoms. The third kappa shape index (κ3) is 3.42. The summed E-state index contributed by atoms with van der Waals surface area (Å²) < 4.78 is 2.52. The van der Waals surface area contributed by atoms with E-state index in [1.54, 1.807) is 10.9 Å². The van der Waals surface area contributed by atoms with Gasteiger partial charge in [-0.05, 0) is 50.2 Å². The lowest BCUT2D eigenvalue weighted by Crippen LogP contribution is -2.21. The Hall–Kier alpha value is -1.20. The van der Waals surface area contributed by atoms with Crippen molar-refractivity contribution in [1.82, 2.24) is 14.9 Å². The van der Waals surface area contributed by atoms with Crippen LogP contribution in [-0.4, -0.2) is 22.6 Å². The summed E-state index contributed by atoms with van der Waals surface area (Å²) in [6.45, 7) is 7.01. The zero-order valence-electron chi connectivity index (χ0n) is 11.6. The average molecular weight is 279 g/mol. The molecule has 5 heteroatoms. The van der Waals surface area contributed by atoms with Crippen LogP contribution in [0.2, 0.25) is 0 Å². The van der Waals surface area contributed by atoms with Crippen molar-refractivity contribution in [3.63, 3.8) is 0 Å². The molecule has 0 aliphatic carbocycles. The van der Waals surface area contributed by atoms with Gasteiger partial charge in [0.05, 0.1) is 11.8 Å². The first-order valence-corrected chi connectivity index (χ1v) is 7.76. The Balaban J connectivity index is 1.94. The molecule has 0 saturated carbocycles. The Kier molecular flexibility index (Phi) is 5.10. The minimum absolute atomic E-state index is 0.101. The lowest BCUT2D eigenvalue weighted by molar-refractivity contribution is 0.556. The van der Waals surface area contributed by atoms with E-state index in [0.29, 0.717) is 0 Å². The molecule has 0 unspecified atom stereocenters. The minimum atomic E-state index is 0.101. The average Bonchev–Trinajstić information content (AvgIpc) is 2.78. The summed E-state index contributed by atoms with van der Waals surface area (Å²) in [5.41, 5.74) is 2.05. The van der Waals surface area contributed by atoms with Gasteiger partial charge in [-0.3, -0.25) is 9.36 Å². The molecule has 0 radical (unpaired) electrons. The fourth-order valence-corrected chi connectivity index (χ4v) is 3.00. The van der Waals surface area contributed by atoms with Crippen LogP contribution < -0.4 is 10.9 Å². The second-order valence-electron chi connectivity index (χ2n) is 4.80. The number of thiophene rings is 1. The molecule has 0 spiro atoms. The maximum atomic E-state index is 12.2. The Morgan fingerprint density at radius 2 is 2.21 bits per heavy atom. The van der Waals surface area contributed by atoms with Crippen molar-refractivity contribution in [2.45, 2.75) is 39.7 Å². The van der Waals surface area contributed by atoms with Crippen LogP contribution >= 0.6 is 11.3 Å². The van der Waals surface area contributed by atoms with Crippen LogP contribution in [0.1, 0.15) is 31.7 Å².